The van der Waals surface area contributed by atoms with E-state index in [0.29, 0.717) is 5.75 Å². The minimum Gasteiger partial charge on any atom is -0.506 e. The highest BCUT2D eigenvalue weighted by atomic mass is 32.1. The zero-order valence-corrected chi connectivity index (χ0v) is 16.1. The van der Waals surface area contributed by atoms with Gasteiger partial charge in [0, 0.05) is 31.6 Å². The van der Waals surface area contributed by atoms with Gasteiger partial charge in [0.1, 0.15) is 11.6 Å². The maximum absolute atomic E-state index is 10.2. The number of fused-ring (bicyclic) bond motifs is 1. The summed E-state index contributed by atoms with van der Waals surface area (Å²) in [4.78, 5) is 15.4. The monoisotopic (exact) mass is 388 g/mol. The summed E-state index contributed by atoms with van der Waals surface area (Å²) < 4.78 is 0. The van der Waals surface area contributed by atoms with Crippen molar-refractivity contribution in [2.45, 2.75) is 0 Å². The third-order valence-corrected chi connectivity index (χ3v) is 5.99. The number of anilines is 2. The number of thiophene rings is 1. The maximum Gasteiger partial charge on any atom is 0.172 e. The summed E-state index contributed by atoms with van der Waals surface area (Å²) >= 11 is 1.66. The molecule has 0 spiro atoms. The van der Waals surface area contributed by atoms with Gasteiger partial charge in [-0.05, 0) is 35.7 Å². The van der Waals surface area contributed by atoms with Gasteiger partial charge in [-0.25, -0.2) is 9.97 Å². The van der Waals surface area contributed by atoms with E-state index in [2.05, 4.69) is 33.4 Å². The molecule has 1 fully saturated rings. The number of hydrogen-bond acceptors (Lipinski definition) is 6. The number of phenolic OH excluding ortho intramolecular Hbond substituents is 1. The van der Waals surface area contributed by atoms with Crippen molar-refractivity contribution in [2.75, 3.05) is 36.0 Å². The lowest BCUT2D eigenvalue weighted by molar-refractivity contribution is 0.472. The van der Waals surface area contributed by atoms with Gasteiger partial charge in [0.15, 0.2) is 5.82 Å². The van der Waals surface area contributed by atoms with Gasteiger partial charge in [0.2, 0.25) is 0 Å². The molecular formula is C22H20N4OS. The van der Waals surface area contributed by atoms with Crippen molar-refractivity contribution in [1.82, 2.24) is 9.97 Å². The molecule has 1 aliphatic rings. The van der Waals surface area contributed by atoms with Crippen LogP contribution < -0.4 is 9.80 Å². The molecule has 3 heterocycles. The first-order chi connectivity index (χ1) is 13.8. The third-order valence-electron chi connectivity index (χ3n) is 5.13. The summed E-state index contributed by atoms with van der Waals surface area (Å²) in [7, 11) is 0. The largest absolute Gasteiger partial charge is 0.506 e. The quantitative estimate of drug-likeness (QED) is 0.564. The van der Waals surface area contributed by atoms with Crippen molar-refractivity contribution in [2.24, 2.45) is 0 Å². The van der Waals surface area contributed by atoms with Crippen LogP contribution in [0.15, 0.2) is 66.0 Å². The van der Waals surface area contributed by atoms with Gasteiger partial charge >= 0.3 is 0 Å². The molecule has 5 rings (SSSR count). The van der Waals surface area contributed by atoms with Crippen LogP contribution in [0.4, 0.5) is 11.5 Å². The summed E-state index contributed by atoms with van der Waals surface area (Å²) in [5.41, 5.74) is 1.87. The number of rotatable bonds is 3. The number of benzene rings is 2. The molecule has 0 bridgehead atoms. The summed E-state index contributed by atoms with van der Waals surface area (Å²) in [6, 6.07) is 19.8. The van der Waals surface area contributed by atoms with Crippen molar-refractivity contribution >= 4 is 33.7 Å². The van der Waals surface area contributed by atoms with Gasteiger partial charge in [0.05, 0.1) is 16.1 Å². The fourth-order valence-corrected chi connectivity index (χ4v) is 4.37. The van der Waals surface area contributed by atoms with Crippen LogP contribution in [0.2, 0.25) is 0 Å². The topological polar surface area (TPSA) is 52.5 Å². The first-order valence-electron chi connectivity index (χ1n) is 9.38. The molecule has 0 radical (unpaired) electrons. The number of phenols is 1. The van der Waals surface area contributed by atoms with Crippen molar-refractivity contribution in [1.29, 1.82) is 0 Å². The Kier molecular flexibility index (Phi) is 4.33. The van der Waals surface area contributed by atoms with E-state index in [1.807, 2.05) is 36.4 Å². The first kappa shape index (κ1) is 17.0. The Morgan fingerprint density at radius 2 is 1.54 bits per heavy atom. The van der Waals surface area contributed by atoms with E-state index in [4.69, 9.17) is 9.97 Å². The molecule has 5 nitrogen and oxygen atoms in total. The van der Waals surface area contributed by atoms with Gasteiger partial charge in [-0.1, -0.05) is 30.3 Å². The Labute approximate surface area is 167 Å². The van der Waals surface area contributed by atoms with E-state index in [0.717, 1.165) is 59.3 Å². The minimum atomic E-state index is 0.336. The van der Waals surface area contributed by atoms with Crippen LogP contribution in [0.25, 0.3) is 21.6 Å². The Balaban J connectivity index is 1.47. The highest BCUT2D eigenvalue weighted by molar-refractivity contribution is 7.13. The lowest BCUT2D eigenvalue weighted by atomic mass is 10.2. The molecule has 2 aromatic carbocycles. The van der Waals surface area contributed by atoms with E-state index in [1.54, 1.807) is 17.4 Å². The molecule has 0 aliphatic carbocycles. The Bertz CT molecular complexity index is 1100. The number of para-hydroxylation sites is 3. The van der Waals surface area contributed by atoms with E-state index in [1.165, 1.54) is 0 Å². The summed E-state index contributed by atoms with van der Waals surface area (Å²) in [6.07, 6.45) is 0. The number of hydrogen-bond donors (Lipinski definition) is 1. The van der Waals surface area contributed by atoms with E-state index >= 15 is 0 Å². The molecule has 0 amide bonds. The van der Waals surface area contributed by atoms with E-state index in [9.17, 15) is 5.11 Å². The molecule has 4 aromatic rings. The van der Waals surface area contributed by atoms with Gasteiger partial charge in [-0.15, -0.1) is 11.3 Å². The van der Waals surface area contributed by atoms with Crippen LogP contribution in [-0.2, 0) is 0 Å². The molecule has 0 atom stereocenters. The van der Waals surface area contributed by atoms with Crippen molar-refractivity contribution in [3.63, 3.8) is 0 Å². The van der Waals surface area contributed by atoms with Crippen LogP contribution in [0.1, 0.15) is 0 Å². The maximum atomic E-state index is 10.2. The smallest absolute Gasteiger partial charge is 0.172 e. The molecule has 2 aromatic heterocycles. The normalized spacial score (nSPS) is 14.6. The molecule has 6 heteroatoms. The fourth-order valence-electron chi connectivity index (χ4n) is 3.71. The average molecular weight is 388 g/mol. The minimum absolute atomic E-state index is 0.336. The zero-order chi connectivity index (χ0) is 18.9. The second-order valence-electron chi connectivity index (χ2n) is 6.83. The number of aromatic hydroxyl groups is 1. The summed E-state index contributed by atoms with van der Waals surface area (Å²) in [5, 5.41) is 13.3. The van der Waals surface area contributed by atoms with Crippen LogP contribution in [0, 0.1) is 0 Å². The molecular weight excluding hydrogens is 368 g/mol. The van der Waals surface area contributed by atoms with Crippen LogP contribution in [0.5, 0.6) is 5.75 Å². The average Bonchev–Trinajstić information content (AvgIpc) is 3.29. The Morgan fingerprint density at radius 3 is 2.32 bits per heavy atom. The fraction of sp³-hybridized carbons (Fsp3) is 0.182. The van der Waals surface area contributed by atoms with Crippen molar-refractivity contribution in [3.05, 3.63) is 66.0 Å². The second kappa shape index (κ2) is 7.13. The lowest BCUT2D eigenvalue weighted by Gasteiger charge is -2.37. The molecule has 1 aliphatic heterocycles. The molecule has 0 unspecified atom stereocenters. The van der Waals surface area contributed by atoms with E-state index in [-0.39, 0.29) is 0 Å². The zero-order valence-electron chi connectivity index (χ0n) is 15.3. The van der Waals surface area contributed by atoms with Gasteiger partial charge in [-0.3, -0.25) is 0 Å². The molecule has 0 saturated carbocycles. The van der Waals surface area contributed by atoms with Gasteiger partial charge in [-0.2, -0.15) is 0 Å². The SMILES string of the molecule is Oc1ccccc1N1CCN(c2nc(-c3cccs3)nc3ccccc23)CC1. The van der Waals surface area contributed by atoms with Gasteiger partial charge in [0.25, 0.3) is 0 Å². The second-order valence-corrected chi connectivity index (χ2v) is 7.78. The molecule has 28 heavy (non-hydrogen) atoms. The van der Waals surface area contributed by atoms with Crippen LogP contribution in [-0.4, -0.2) is 41.3 Å². The van der Waals surface area contributed by atoms with Crippen LogP contribution >= 0.6 is 11.3 Å². The highest BCUT2D eigenvalue weighted by Crippen LogP contribution is 2.32. The third kappa shape index (κ3) is 3.05. The van der Waals surface area contributed by atoms with Crippen molar-refractivity contribution in [3.8, 4) is 16.5 Å². The first-order valence-corrected chi connectivity index (χ1v) is 10.3. The van der Waals surface area contributed by atoms with Crippen LogP contribution in [0.3, 0.4) is 0 Å². The Morgan fingerprint density at radius 1 is 0.786 bits per heavy atom. The summed E-state index contributed by atoms with van der Waals surface area (Å²) in [6.45, 7) is 3.37. The van der Waals surface area contributed by atoms with Crippen molar-refractivity contribution < 1.29 is 5.11 Å². The standard InChI is InChI=1S/C22H20N4OS/c27-19-9-4-3-8-18(19)25-11-13-26(14-12-25)22-16-6-1-2-7-17(16)23-21(24-22)20-10-5-15-28-20/h1-10,15,27H,11-14H2. The highest BCUT2D eigenvalue weighted by Gasteiger charge is 2.22. The predicted octanol–water partition coefficient (Wildman–Crippen LogP) is 4.39. The van der Waals surface area contributed by atoms with Gasteiger partial charge < -0.3 is 14.9 Å². The summed E-state index contributed by atoms with van der Waals surface area (Å²) in [5.74, 6) is 2.11. The molecule has 1 saturated heterocycles. The van der Waals surface area contributed by atoms with E-state index < -0.39 is 0 Å². The number of piperazine rings is 1. The predicted molar refractivity (Wildman–Crippen MR) is 115 cm³/mol. The molecule has 1 N–H and O–H groups in total. The Hall–Kier alpha value is -3.12. The number of nitrogens with zero attached hydrogens (tertiary/aromatic N) is 4. The lowest BCUT2D eigenvalue weighted by Crippen LogP contribution is -2.47. The number of aromatic nitrogens is 2. The molecule has 140 valence electrons.